The van der Waals surface area contributed by atoms with Crippen molar-refractivity contribution in [1.82, 2.24) is 10.6 Å². The van der Waals surface area contributed by atoms with Gasteiger partial charge >= 0.3 is 0 Å². The number of hydrogen-bond donors (Lipinski definition) is 2. The lowest BCUT2D eigenvalue weighted by atomic mass is 9.85. The fraction of sp³-hybridized carbons (Fsp3) is 0.125. The number of carbonyl (C=O) groups excluding carboxylic acids is 2. The third-order valence-electron chi connectivity index (χ3n) is 4.88. The van der Waals surface area contributed by atoms with Gasteiger partial charge < -0.3 is 20.1 Å². The standard InChI is InChI=1S/C24H19Cl2N3O4/c25-17-4-8-19(9-5-17)32-13-22(30)28-21-3-1-2-16-12-27-15-24(16,21)29-23(31)14-33-20-10-6-18(26)7-11-20/h1-12,15H,13-14H2,(H,28,30)(H,29,31). The molecule has 4 rings (SSSR count). The molecule has 2 aliphatic rings. The molecule has 0 spiro atoms. The second kappa shape index (κ2) is 9.94. The van der Waals surface area contributed by atoms with Gasteiger partial charge in [-0.15, -0.1) is 0 Å². The lowest BCUT2D eigenvalue weighted by molar-refractivity contribution is -0.125. The summed E-state index contributed by atoms with van der Waals surface area (Å²) in [6, 6.07) is 13.4. The fourth-order valence-corrected chi connectivity index (χ4v) is 3.55. The number of rotatable bonds is 8. The zero-order valence-electron chi connectivity index (χ0n) is 17.3. The van der Waals surface area contributed by atoms with Gasteiger partial charge in [0.1, 0.15) is 17.0 Å². The Balaban J connectivity index is 1.40. The Labute approximate surface area is 200 Å². The molecule has 2 aromatic rings. The first-order chi connectivity index (χ1) is 15.9. The third kappa shape index (κ3) is 5.45. The van der Waals surface area contributed by atoms with E-state index in [4.69, 9.17) is 32.7 Å². The first-order valence-corrected chi connectivity index (χ1v) is 10.7. The van der Waals surface area contributed by atoms with Crippen molar-refractivity contribution in [2.45, 2.75) is 5.54 Å². The average Bonchev–Trinajstić information content (AvgIpc) is 3.23. The van der Waals surface area contributed by atoms with Crippen LogP contribution in [-0.4, -0.2) is 36.8 Å². The molecule has 1 aliphatic heterocycles. The van der Waals surface area contributed by atoms with Crippen molar-refractivity contribution in [1.29, 1.82) is 0 Å². The SMILES string of the molecule is O=C(COc1ccc(Cl)cc1)NC1=CC=CC2=CN=CC21NC(=O)COc1ccc(Cl)cc1. The van der Waals surface area contributed by atoms with Crippen LogP contribution in [0.2, 0.25) is 10.0 Å². The van der Waals surface area contributed by atoms with E-state index >= 15 is 0 Å². The summed E-state index contributed by atoms with van der Waals surface area (Å²) in [5.74, 6) is 0.238. The van der Waals surface area contributed by atoms with E-state index in [1.165, 1.54) is 0 Å². The number of carbonyl (C=O) groups is 2. The lowest BCUT2D eigenvalue weighted by Gasteiger charge is -2.34. The van der Waals surface area contributed by atoms with E-state index in [9.17, 15) is 9.59 Å². The van der Waals surface area contributed by atoms with Crippen molar-refractivity contribution >= 4 is 41.2 Å². The van der Waals surface area contributed by atoms with Gasteiger partial charge in [-0.2, -0.15) is 0 Å². The highest BCUT2D eigenvalue weighted by atomic mass is 35.5. The van der Waals surface area contributed by atoms with Gasteiger partial charge in [-0.25, -0.2) is 0 Å². The molecule has 1 atom stereocenters. The molecule has 2 aromatic carbocycles. The molecular weight excluding hydrogens is 465 g/mol. The Morgan fingerprint density at radius 3 is 2.06 bits per heavy atom. The van der Waals surface area contributed by atoms with E-state index in [0.717, 1.165) is 0 Å². The predicted molar refractivity (Wildman–Crippen MR) is 127 cm³/mol. The highest BCUT2D eigenvalue weighted by Crippen LogP contribution is 2.31. The van der Waals surface area contributed by atoms with Crippen molar-refractivity contribution in [3.05, 3.63) is 94.3 Å². The number of benzene rings is 2. The number of hydrogen-bond acceptors (Lipinski definition) is 5. The van der Waals surface area contributed by atoms with E-state index in [2.05, 4.69) is 15.6 Å². The molecule has 168 valence electrons. The van der Waals surface area contributed by atoms with Crippen LogP contribution in [0, 0.1) is 0 Å². The molecule has 33 heavy (non-hydrogen) atoms. The number of amides is 2. The van der Waals surface area contributed by atoms with Gasteiger partial charge in [0, 0.05) is 28.0 Å². The number of aliphatic imine (C=N–C) groups is 1. The molecule has 7 nitrogen and oxygen atoms in total. The molecule has 0 saturated heterocycles. The Kier molecular flexibility index (Phi) is 6.82. The normalized spacial score (nSPS) is 18.1. The van der Waals surface area contributed by atoms with Crippen LogP contribution in [0.5, 0.6) is 11.5 Å². The second-order valence-corrected chi connectivity index (χ2v) is 8.06. The van der Waals surface area contributed by atoms with Gasteiger partial charge in [0.15, 0.2) is 13.2 Å². The summed E-state index contributed by atoms with van der Waals surface area (Å²) >= 11 is 11.7. The van der Waals surface area contributed by atoms with Crippen molar-refractivity contribution in [3.8, 4) is 11.5 Å². The maximum atomic E-state index is 12.7. The predicted octanol–water partition coefficient (Wildman–Crippen LogP) is 3.84. The van der Waals surface area contributed by atoms with Gasteiger partial charge in [-0.05, 0) is 54.6 Å². The van der Waals surface area contributed by atoms with Crippen LogP contribution in [0.4, 0.5) is 0 Å². The summed E-state index contributed by atoms with van der Waals surface area (Å²) < 4.78 is 11.0. The Hall–Kier alpha value is -3.55. The van der Waals surface area contributed by atoms with E-state index in [0.29, 0.717) is 32.8 Å². The molecule has 0 bridgehead atoms. The van der Waals surface area contributed by atoms with Crippen molar-refractivity contribution in [2.75, 3.05) is 13.2 Å². The van der Waals surface area contributed by atoms with Gasteiger partial charge in [-0.3, -0.25) is 14.6 Å². The van der Waals surface area contributed by atoms with E-state index in [1.54, 1.807) is 73.1 Å². The number of fused-ring (bicyclic) bond motifs is 1. The number of nitrogens with one attached hydrogen (secondary N) is 2. The van der Waals surface area contributed by atoms with Crippen molar-refractivity contribution in [2.24, 2.45) is 4.99 Å². The third-order valence-corrected chi connectivity index (χ3v) is 5.38. The first-order valence-electron chi connectivity index (χ1n) is 9.96. The summed E-state index contributed by atoms with van der Waals surface area (Å²) in [5.41, 5.74) is 0.0475. The Morgan fingerprint density at radius 2 is 1.45 bits per heavy atom. The van der Waals surface area contributed by atoms with Gasteiger partial charge in [0.25, 0.3) is 11.8 Å². The number of nitrogens with zero attached hydrogens (tertiary/aromatic N) is 1. The summed E-state index contributed by atoms with van der Waals surface area (Å²) in [7, 11) is 0. The van der Waals surface area contributed by atoms with E-state index < -0.39 is 17.4 Å². The van der Waals surface area contributed by atoms with Crippen molar-refractivity contribution in [3.63, 3.8) is 0 Å². The second-order valence-electron chi connectivity index (χ2n) is 7.19. The van der Waals surface area contributed by atoms with Crippen LogP contribution in [0.3, 0.4) is 0 Å². The minimum Gasteiger partial charge on any atom is -0.484 e. The summed E-state index contributed by atoms with van der Waals surface area (Å²) in [4.78, 5) is 29.5. The smallest absolute Gasteiger partial charge is 0.262 e. The molecule has 1 heterocycles. The van der Waals surface area contributed by atoms with Crippen LogP contribution < -0.4 is 20.1 Å². The van der Waals surface area contributed by atoms with E-state index in [1.807, 2.05) is 6.08 Å². The molecule has 0 saturated carbocycles. The van der Waals surface area contributed by atoms with Crippen LogP contribution in [0.15, 0.2) is 89.2 Å². The number of ether oxygens (including phenoxy) is 2. The zero-order chi connectivity index (χ0) is 23.3. The molecule has 9 heteroatoms. The van der Waals surface area contributed by atoms with Crippen LogP contribution in [0.25, 0.3) is 0 Å². The molecule has 2 N–H and O–H groups in total. The molecule has 0 radical (unpaired) electrons. The largest absolute Gasteiger partial charge is 0.484 e. The molecule has 0 aromatic heterocycles. The molecular formula is C24H19Cl2N3O4. The maximum absolute atomic E-state index is 12.7. The highest BCUT2D eigenvalue weighted by molar-refractivity contribution is 6.30. The summed E-state index contributed by atoms with van der Waals surface area (Å²) in [6.45, 7) is -0.447. The molecule has 2 amide bonds. The zero-order valence-corrected chi connectivity index (χ0v) is 18.8. The van der Waals surface area contributed by atoms with Crippen molar-refractivity contribution < 1.29 is 19.1 Å². The van der Waals surface area contributed by atoms with Crippen LogP contribution in [0.1, 0.15) is 0 Å². The van der Waals surface area contributed by atoms with Gasteiger partial charge in [0.05, 0.1) is 5.70 Å². The van der Waals surface area contributed by atoms with E-state index in [-0.39, 0.29) is 13.2 Å². The quantitative estimate of drug-likeness (QED) is 0.596. The maximum Gasteiger partial charge on any atom is 0.262 e. The van der Waals surface area contributed by atoms with Gasteiger partial charge in [0.2, 0.25) is 0 Å². The number of halogens is 2. The molecule has 1 unspecified atom stereocenters. The lowest BCUT2D eigenvalue weighted by Crippen LogP contribution is -2.57. The molecule has 0 fully saturated rings. The first kappa shape index (κ1) is 22.6. The Bertz CT molecular complexity index is 1170. The van der Waals surface area contributed by atoms with Crippen LogP contribution >= 0.6 is 23.2 Å². The minimum atomic E-state index is -1.11. The molecule has 1 aliphatic carbocycles. The number of allylic oxidation sites excluding steroid dienone is 2. The highest BCUT2D eigenvalue weighted by Gasteiger charge is 2.42. The topological polar surface area (TPSA) is 89.0 Å². The monoisotopic (exact) mass is 483 g/mol. The average molecular weight is 484 g/mol. The van der Waals surface area contributed by atoms with Gasteiger partial charge in [-0.1, -0.05) is 35.4 Å². The minimum absolute atomic E-state index is 0.220. The summed E-state index contributed by atoms with van der Waals surface area (Å²) in [5, 5.41) is 6.87. The van der Waals surface area contributed by atoms with Crippen LogP contribution in [-0.2, 0) is 9.59 Å². The fourth-order valence-electron chi connectivity index (χ4n) is 3.30. The Morgan fingerprint density at radius 1 is 0.879 bits per heavy atom. The summed E-state index contributed by atoms with van der Waals surface area (Å²) in [6.07, 6.45) is 8.48.